The van der Waals surface area contributed by atoms with Crippen LogP contribution in [-0.4, -0.2) is 35.1 Å². The Morgan fingerprint density at radius 1 is 1.45 bits per heavy atom. The quantitative estimate of drug-likeness (QED) is 0.744. The first-order valence-corrected chi connectivity index (χ1v) is 6.82. The van der Waals surface area contributed by atoms with Crippen molar-refractivity contribution in [2.24, 2.45) is 0 Å². The summed E-state index contributed by atoms with van der Waals surface area (Å²) in [6.07, 6.45) is 6.27. The molecule has 6 heteroatoms. The van der Waals surface area contributed by atoms with Gasteiger partial charge in [0.2, 0.25) is 5.91 Å². The van der Waals surface area contributed by atoms with Crippen molar-refractivity contribution in [1.29, 1.82) is 0 Å². The number of hydrogen-bond donors (Lipinski definition) is 3. The van der Waals surface area contributed by atoms with Gasteiger partial charge in [-0.3, -0.25) is 9.59 Å². The molecule has 6 nitrogen and oxygen atoms in total. The number of furan rings is 1. The van der Waals surface area contributed by atoms with Crippen molar-refractivity contribution in [2.75, 3.05) is 6.61 Å². The van der Waals surface area contributed by atoms with Gasteiger partial charge in [-0.15, -0.1) is 0 Å². The van der Waals surface area contributed by atoms with Crippen LogP contribution >= 0.6 is 0 Å². The Morgan fingerprint density at radius 3 is 2.70 bits per heavy atom. The third-order valence-corrected chi connectivity index (χ3v) is 3.78. The van der Waals surface area contributed by atoms with Crippen molar-refractivity contribution >= 4 is 11.8 Å². The average molecular weight is 280 g/mol. The minimum atomic E-state index is -0.665. The molecule has 20 heavy (non-hydrogen) atoms. The van der Waals surface area contributed by atoms with Crippen LogP contribution in [0.3, 0.4) is 0 Å². The van der Waals surface area contributed by atoms with Gasteiger partial charge in [-0.2, -0.15) is 0 Å². The first-order chi connectivity index (χ1) is 9.56. The van der Waals surface area contributed by atoms with Gasteiger partial charge >= 0.3 is 0 Å². The lowest BCUT2D eigenvalue weighted by molar-refractivity contribution is -0.125. The molecule has 0 spiro atoms. The van der Waals surface area contributed by atoms with Gasteiger partial charge in [0.15, 0.2) is 0 Å². The minimum absolute atomic E-state index is 0.0683. The molecule has 1 aromatic heterocycles. The Morgan fingerprint density at radius 2 is 2.15 bits per heavy atom. The number of amides is 2. The number of carbonyl (C=O) groups excluding carboxylic acids is 2. The summed E-state index contributed by atoms with van der Waals surface area (Å²) in [5, 5.41) is 14.9. The van der Waals surface area contributed by atoms with Gasteiger partial charge < -0.3 is 20.2 Å². The highest BCUT2D eigenvalue weighted by Gasteiger charge is 2.35. The maximum atomic E-state index is 12.1. The van der Waals surface area contributed by atoms with E-state index in [2.05, 4.69) is 10.6 Å². The van der Waals surface area contributed by atoms with E-state index in [4.69, 9.17) is 4.42 Å². The summed E-state index contributed by atoms with van der Waals surface area (Å²) in [5.41, 5.74) is -0.145. The van der Waals surface area contributed by atoms with Crippen LogP contribution in [0.25, 0.3) is 0 Å². The summed E-state index contributed by atoms with van der Waals surface area (Å²) in [6.45, 7) is 1.55. The lowest BCUT2D eigenvalue weighted by Crippen LogP contribution is -2.55. The van der Waals surface area contributed by atoms with Gasteiger partial charge in [0, 0.05) is 0 Å². The average Bonchev–Trinajstić information content (AvgIpc) is 3.10. The fourth-order valence-corrected chi connectivity index (χ4v) is 2.48. The number of hydrogen-bond acceptors (Lipinski definition) is 4. The van der Waals surface area contributed by atoms with Crippen molar-refractivity contribution in [1.82, 2.24) is 10.6 Å². The lowest BCUT2D eigenvalue weighted by atomic mass is 9.98. The first-order valence-electron chi connectivity index (χ1n) is 6.82. The van der Waals surface area contributed by atoms with Crippen LogP contribution in [0.15, 0.2) is 23.0 Å². The number of aliphatic hydroxyl groups is 1. The van der Waals surface area contributed by atoms with Crippen molar-refractivity contribution in [3.8, 4) is 0 Å². The fraction of sp³-hybridized carbons (Fsp3) is 0.571. The molecule has 1 fully saturated rings. The van der Waals surface area contributed by atoms with E-state index in [0.29, 0.717) is 5.56 Å². The van der Waals surface area contributed by atoms with Crippen LogP contribution in [0.1, 0.15) is 43.0 Å². The summed E-state index contributed by atoms with van der Waals surface area (Å²) in [6, 6.07) is 0.869. The number of nitrogens with one attached hydrogen (secondary N) is 2. The summed E-state index contributed by atoms with van der Waals surface area (Å²) in [7, 11) is 0. The number of carbonyl (C=O) groups is 2. The van der Waals surface area contributed by atoms with Crippen LogP contribution in [0.2, 0.25) is 0 Å². The molecule has 1 unspecified atom stereocenters. The van der Waals surface area contributed by atoms with Crippen LogP contribution in [0.4, 0.5) is 0 Å². The van der Waals surface area contributed by atoms with Crippen LogP contribution in [0, 0.1) is 0 Å². The number of aliphatic hydroxyl groups excluding tert-OH is 1. The van der Waals surface area contributed by atoms with Crippen molar-refractivity contribution < 1.29 is 19.1 Å². The van der Waals surface area contributed by atoms with Crippen LogP contribution < -0.4 is 10.6 Å². The van der Waals surface area contributed by atoms with Crippen LogP contribution in [0.5, 0.6) is 0 Å². The third kappa shape index (κ3) is 3.19. The van der Waals surface area contributed by atoms with E-state index in [1.807, 2.05) is 0 Å². The Kier molecular flexibility index (Phi) is 4.44. The Balaban J connectivity index is 1.90. The van der Waals surface area contributed by atoms with E-state index < -0.39 is 11.6 Å². The molecular formula is C14H20N2O4. The highest BCUT2D eigenvalue weighted by molar-refractivity contribution is 5.97. The molecule has 0 radical (unpaired) electrons. The van der Waals surface area contributed by atoms with Gasteiger partial charge in [-0.1, -0.05) is 12.8 Å². The smallest absolute Gasteiger partial charge is 0.255 e. The summed E-state index contributed by atoms with van der Waals surface area (Å²) in [4.78, 5) is 23.9. The molecule has 0 aromatic carbocycles. The van der Waals surface area contributed by atoms with Crippen molar-refractivity contribution in [2.45, 2.75) is 44.2 Å². The number of rotatable bonds is 5. The summed E-state index contributed by atoms with van der Waals surface area (Å²) in [5.74, 6) is -0.635. The van der Waals surface area contributed by atoms with E-state index in [-0.39, 0.29) is 18.4 Å². The topological polar surface area (TPSA) is 91.6 Å². The van der Waals surface area contributed by atoms with E-state index in [0.717, 1.165) is 25.7 Å². The first kappa shape index (κ1) is 14.6. The van der Waals surface area contributed by atoms with E-state index in [1.54, 1.807) is 6.92 Å². The second-order valence-corrected chi connectivity index (χ2v) is 5.34. The standard InChI is InChI=1S/C14H20N2O4/c1-10(15-13(19)11-4-7-20-8-11)12(18)16-14(9-17)5-2-3-6-14/h4,7-8,10,17H,2-3,5-6,9H2,1H3,(H,15,19)(H,16,18). The highest BCUT2D eigenvalue weighted by atomic mass is 16.3. The second kappa shape index (κ2) is 6.09. The predicted molar refractivity (Wildman–Crippen MR) is 72.1 cm³/mol. The van der Waals surface area contributed by atoms with Crippen molar-refractivity contribution in [3.05, 3.63) is 24.2 Å². The fourth-order valence-electron chi connectivity index (χ4n) is 2.48. The largest absolute Gasteiger partial charge is 0.472 e. The molecule has 0 saturated heterocycles. The maximum absolute atomic E-state index is 12.1. The van der Waals surface area contributed by atoms with E-state index in [9.17, 15) is 14.7 Å². The molecule has 2 rings (SSSR count). The Bertz CT molecular complexity index is 464. The molecule has 0 aliphatic heterocycles. The highest BCUT2D eigenvalue weighted by Crippen LogP contribution is 2.29. The molecule has 3 N–H and O–H groups in total. The lowest BCUT2D eigenvalue weighted by Gasteiger charge is -2.29. The summed E-state index contributed by atoms with van der Waals surface area (Å²) < 4.78 is 4.82. The van der Waals surface area contributed by atoms with E-state index in [1.165, 1.54) is 18.6 Å². The van der Waals surface area contributed by atoms with Gasteiger partial charge in [0.05, 0.1) is 24.0 Å². The van der Waals surface area contributed by atoms with Crippen molar-refractivity contribution in [3.63, 3.8) is 0 Å². The van der Waals surface area contributed by atoms with Gasteiger partial charge in [-0.05, 0) is 25.8 Å². The van der Waals surface area contributed by atoms with E-state index >= 15 is 0 Å². The van der Waals surface area contributed by atoms with Gasteiger partial charge in [0.25, 0.3) is 5.91 Å². The molecule has 110 valence electrons. The molecule has 1 aliphatic carbocycles. The molecular weight excluding hydrogens is 260 g/mol. The molecule has 1 saturated carbocycles. The third-order valence-electron chi connectivity index (χ3n) is 3.78. The molecule has 0 bridgehead atoms. The normalized spacial score (nSPS) is 18.5. The molecule has 1 heterocycles. The zero-order chi connectivity index (χ0) is 14.6. The van der Waals surface area contributed by atoms with Crippen LogP contribution in [-0.2, 0) is 4.79 Å². The SMILES string of the molecule is CC(NC(=O)c1ccoc1)C(=O)NC1(CO)CCCC1. The Hall–Kier alpha value is -1.82. The van der Waals surface area contributed by atoms with Gasteiger partial charge in [0.1, 0.15) is 12.3 Å². The molecule has 1 aromatic rings. The minimum Gasteiger partial charge on any atom is -0.472 e. The zero-order valence-corrected chi connectivity index (χ0v) is 11.5. The Labute approximate surface area is 117 Å². The monoisotopic (exact) mass is 280 g/mol. The second-order valence-electron chi connectivity index (χ2n) is 5.34. The maximum Gasteiger partial charge on any atom is 0.255 e. The summed E-state index contributed by atoms with van der Waals surface area (Å²) >= 11 is 0. The molecule has 2 amide bonds. The molecule has 1 atom stereocenters. The van der Waals surface area contributed by atoms with Gasteiger partial charge in [-0.25, -0.2) is 0 Å². The molecule has 1 aliphatic rings. The zero-order valence-electron chi connectivity index (χ0n) is 11.5. The predicted octanol–water partition coefficient (Wildman–Crippen LogP) is 0.819.